The van der Waals surface area contributed by atoms with E-state index >= 15 is 0 Å². The minimum absolute atomic E-state index is 0.0355. The third-order valence-corrected chi connectivity index (χ3v) is 5.60. The molecule has 0 radical (unpaired) electrons. The van der Waals surface area contributed by atoms with Crippen molar-refractivity contribution in [3.8, 4) is 0 Å². The molecule has 6 nitrogen and oxygen atoms in total. The topological polar surface area (TPSA) is 78.7 Å². The number of para-hydroxylation sites is 1. The van der Waals surface area contributed by atoms with Gasteiger partial charge in [0.2, 0.25) is 11.8 Å². The molecule has 1 aromatic carbocycles. The summed E-state index contributed by atoms with van der Waals surface area (Å²) < 4.78 is 0. The number of nitrogens with zero attached hydrogens (tertiary/aromatic N) is 2. The first kappa shape index (κ1) is 20.2. The molecule has 1 aliphatic heterocycles. The van der Waals surface area contributed by atoms with E-state index in [-0.39, 0.29) is 11.8 Å². The summed E-state index contributed by atoms with van der Waals surface area (Å²) in [6, 6.07) is 10.3. The van der Waals surface area contributed by atoms with Gasteiger partial charge >= 0.3 is 0 Å². The van der Waals surface area contributed by atoms with Crippen LogP contribution in [0.25, 0.3) is 0 Å². The van der Waals surface area contributed by atoms with E-state index in [2.05, 4.69) is 22.3 Å². The molecule has 1 aliphatic rings. The molecule has 6 heteroatoms. The molecule has 26 heavy (non-hydrogen) atoms. The average Bonchev–Trinajstić information content (AvgIpc) is 2.70. The standard InChI is InChI=1S/C20H32N4O2/c1-3-20(4-2,16-21)19(26)22-11-10-18(25)24-14-12-23(13-15-24)17-8-6-5-7-9-17/h5-9H,3-4,10-16,21H2,1-2H3,(H,22,26). The molecule has 2 amide bonds. The van der Waals surface area contributed by atoms with Crippen molar-refractivity contribution >= 4 is 17.5 Å². The number of hydrogen-bond acceptors (Lipinski definition) is 4. The summed E-state index contributed by atoms with van der Waals surface area (Å²) in [7, 11) is 0. The number of hydrogen-bond donors (Lipinski definition) is 2. The van der Waals surface area contributed by atoms with Gasteiger partial charge in [-0.1, -0.05) is 32.0 Å². The second-order valence-electron chi connectivity index (χ2n) is 6.90. The minimum Gasteiger partial charge on any atom is -0.368 e. The predicted octanol–water partition coefficient (Wildman–Crippen LogP) is 1.61. The summed E-state index contributed by atoms with van der Waals surface area (Å²) in [5, 5.41) is 2.90. The van der Waals surface area contributed by atoms with Crippen molar-refractivity contribution in [2.45, 2.75) is 33.1 Å². The van der Waals surface area contributed by atoms with Crippen molar-refractivity contribution < 1.29 is 9.59 Å². The Morgan fingerprint density at radius 1 is 1.08 bits per heavy atom. The zero-order valence-electron chi connectivity index (χ0n) is 16.0. The Balaban J connectivity index is 1.75. The Kier molecular flexibility index (Phi) is 7.45. The number of benzene rings is 1. The molecule has 0 spiro atoms. The first-order valence-electron chi connectivity index (χ1n) is 9.62. The summed E-state index contributed by atoms with van der Waals surface area (Å²) in [6.07, 6.45) is 1.76. The van der Waals surface area contributed by atoms with Crippen molar-refractivity contribution in [3.05, 3.63) is 30.3 Å². The maximum atomic E-state index is 12.4. The van der Waals surface area contributed by atoms with Gasteiger partial charge in [-0.25, -0.2) is 0 Å². The summed E-state index contributed by atoms with van der Waals surface area (Å²) in [5.74, 6) is 0.0658. The van der Waals surface area contributed by atoms with Gasteiger partial charge in [-0.3, -0.25) is 9.59 Å². The summed E-state index contributed by atoms with van der Waals surface area (Å²) >= 11 is 0. The van der Waals surface area contributed by atoms with Crippen LogP contribution in [0.3, 0.4) is 0 Å². The molecule has 0 aromatic heterocycles. The number of rotatable bonds is 8. The Labute approximate surface area is 156 Å². The van der Waals surface area contributed by atoms with Gasteiger partial charge in [-0.2, -0.15) is 0 Å². The average molecular weight is 361 g/mol. The SMILES string of the molecule is CCC(CC)(CN)C(=O)NCCC(=O)N1CCN(c2ccccc2)CC1. The van der Waals surface area contributed by atoms with Gasteiger partial charge in [0.1, 0.15) is 0 Å². The molecule has 1 fully saturated rings. The largest absolute Gasteiger partial charge is 0.368 e. The summed E-state index contributed by atoms with van der Waals surface area (Å²) in [6.45, 7) is 7.78. The maximum absolute atomic E-state index is 12.4. The van der Waals surface area contributed by atoms with Crippen LogP contribution < -0.4 is 16.0 Å². The summed E-state index contributed by atoms with van der Waals surface area (Å²) in [4.78, 5) is 29.0. The van der Waals surface area contributed by atoms with Gasteiger partial charge in [0.25, 0.3) is 0 Å². The number of piperazine rings is 1. The highest BCUT2D eigenvalue weighted by Crippen LogP contribution is 2.24. The van der Waals surface area contributed by atoms with E-state index in [9.17, 15) is 9.59 Å². The zero-order chi connectivity index (χ0) is 19.0. The van der Waals surface area contributed by atoms with Gasteiger partial charge in [0.05, 0.1) is 5.41 Å². The lowest BCUT2D eigenvalue weighted by molar-refractivity contribution is -0.132. The number of carbonyl (C=O) groups is 2. The van der Waals surface area contributed by atoms with Crippen molar-refractivity contribution in [1.29, 1.82) is 0 Å². The molecule has 1 aromatic rings. The Hall–Kier alpha value is -2.08. The highest BCUT2D eigenvalue weighted by Gasteiger charge is 2.33. The number of nitrogens with two attached hydrogens (primary N) is 1. The Bertz CT molecular complexity index is 570. The van der Waals surface area contributed by atoms with Crippen molar-refractivity contribution in [2.75, 3.05) is 44.2 Å². The van der Waals surface area contributed by atoms with Gasteiger partial charge in [-0.05, 0) is 25.0 Å². The lowest BCUT2D eigenvalue weighted by atomic mass is 9.81. The fourth-order valence-corrected chi connectivity index (χ4v) is 3.43. The van der Waals surface area contributed by atoms with E-state index in [1.54, 1.807) is 0 Å². The molecule has 0 aliphatic carbocycles. The van der Waals surface area contributed by atoms with Gasteiger partial charge in [-0.15, -0.1) is 0 Å². The van der Waals surface area contributed by atoms with E-state index in [1.165, 1.54) is 5.69 Å². The first-order valence-corrected chi connectivity index (χ1v) is 9.62. The van der Waals surface area contributed by atoms with Crippen LogP contribution in [0.5, 0.6) is 0 Å². The minimum atomic E-state index is -0.510. The van der Waals surface area contributed by atoms with E-state index in [4.69, 9.17) is 5.73 Å². The normalized spacial score (nSPS) is 15.0. The fourth-order valence-electron chi connectivity index (χ4n) is 3.43. The molecule has 0 saturated carbocycles. The summed E-state index contributed by atoms with van der Waals surface area (Å²) in [5.41, 5.74) is 6.49. The molecular formula is C20H32N4O2. The fraction of sp³-hybridized carbons (Fsp3) is 0.600. The van der Waals surface area contributed by atoms with Crippen LogP contribution in [0.2, 0.25) is 0 Å². The van der Waals surface area contributed by atoms with Crippen molar-refractivity contribution in [1.82, 2.24) is 10.2 Å². The van der Waals surface area contributed by atoms with Crippen LogP contribution in [0, 0.1) is 5.41 Å². The molecule has 144 valence electrons. The van der Waals surface area contributed by atoms with E-state index < -0.39 is 5.41 Å². The molecule has 0 atom stereocenters. The molecule has 3 N–H and O–H groups in total. The second kappa shape index (κ2) is 9.57. The van der Waals surface area contributed by atoms with E-state index in [1.807, 2.05) is 36.9 Å². The van der Waals surface area contributed by atoms with Crippen LogP contribution >= 0.6 is 0 Å². The van der Waals surface area contributed by atoms with Crippen molar-refractivity contribution in [2.24, 2.45) is 11.1 Å². The Morgan fingerprint density at radius 2 is 1.69 bits per heavy atom. The zero-order valence-corrected chi connectivity index (χ0v) is 16.0. The van der Waals surface area contributed by atoms with Gasteiger partial charge in [0.15, 0.2) is 0 Å². The smallest absolute Gasteiger partial charge is 0.227 e. The highest BCUT2D eigenvalue weighted by molar-refractivity contribution is 5.83. The number of carbonyl (C=O) groups excluding carboxylic acids is 2. The third kappa shape index (κ3) is 4.75. The number of amides is 2. The lowest BCUT2D eigenvalue weighted by Crippen LogP contribution is -2.50. The molecule has 0 unspecified atom stereocenters. The van der Waals surface area contributed by atoms with Crippen LogP contribution in [-0.2, 0) is 9.59 Å². The maximum Gasteiger partial charge on any atom is 0.227 e. The van der Waals surface area contributed by atoms with Crippen LogP contribution in [0.1, 0.15) is 33.1 Å². The highest BCUT2D eigenvalue weighted by atomic mass is 16.2. The van der Waals surface area contributed by atoms with E-state index in [0.717, 1.165) is 26.2 Å². The Morgan fingerprint density at radius 3 is 2.23 bits per heavy atom. The number of nitrogens with one attached hydrogen (secondary N) is 1. The van der Waals surface area contributed by atoms with Crippen molar-refractivity contribution in [3.63, 3.8) is 0 Å². The molecular weight excluding hydrogens is 328 g/mol. The quantitative estimate of drug-likeness (QED) is 0.738. The first-order chi connectivity index (χ1) is 12.6. The predicted molar refractivity (Wildman–Crippen MR) is 105 cm³/mol. The third-order valence-electron chi connectivity index (χ3n) is 5.60. The molecule has 1 saturated heterocycles. The number of anilines is 1. The molecule has 1 heterocycles. The van der Waals surface area contributed by atoms with Crippen LogP contribution in [-0.4, -0.2) is 56.0 Å². The second-order valence-corrected chi connectivity index (χ2v) is 6.90. The van der Waals surface area contributed by atoms with Crippen LogP contribution in [0.4, 0.5) is 5.69 Å². The molecule has 0 bridgehead atoms. The lowest BCUT2D eigenvalue weighted by Gasteiger charge is -2.36. The van der Waals surface area contributed by atoms with E-state index in [0.29, 0.717) is 32.4 Å². The monoisotopic (exact) mass is 360 g/mol. The van der Waals surface area contributed by atoms with Gasteiger partial charge < -0.3 is 20.9 Å². The molecule has 2 rings (SSSR count). The van der Waals surface area contributed by atoms with Gasteiger partial charge in [0, 0.05) is 51.4 Å². The van der Waals surface area contributed by atoms with Crippen LogP contribution in [0.15, 0.2) is 30.3 Å².